The van der Waals surface area contributed by atoms with E-state index in [-0.39, 0.29) is 29.9 Å². The lowest BCUT2D eigenvalue weighted by Crippen LogP contribution is -2.40. The lowest BCUT2D eigenvalue weighted by atomic mass is 9.89. The van der Waals surface area contributed by atoms with E-state index in [1.807, 2.05) is 4.90 Å². The van der Waals surface area contributed by atoms with Crippen molar-refractivity contribution in [3.63, 3.8) is 0 Å². The fourth-order valence-corrected chi connectivity index (χ4v) is 4.72. The molecule has 3 heterocycles. The Balaban J connectivity index is 1.47. The smallest absolute Gasteiger partial charge is 0.257 e. The second kappa shape index (κ2) is 8.18. The van der Waals surface area contributed by atoms with Crippen LogP contribution in [0.4, 0.5) is 5.13 Å². The van der Waals surface area contributed by atoms with Gasteiger partial charge in [-0.3, -0.25) is 24.7 Å². The van der Waals surface area contributed by atoms with E-state index < -0.39 is 0 Å². The molecule has 4 rings (SSSR count). The molecule has 1 aliphatic heterocycles. The number of hydrogen-bond donors (Lipinski definition) is 1. The number of likely N-dealkylation sites (tertiary alicyclic amines) is 1. The maximum atomic E-state index is 12.9. The summed E-state index contributed by atoms with van der Waals surface area (Å²) in [5, 5.41) is 3.14. The highest BCUT2D eigenvalue weighted by Crippen LogP contribution is 2.33. The zero-order chi connectivity index (χ0) is 19.5. The normalized spacial score (nSPS) is 19.6. The van der Waals surface area contributed by atoms with Gasteiger partial charge >= 0.3 is 0 Å². The van der Waals surface area contributed by atoms with E-state index in [9.17, 15) is 14.4 Å². The van der Waals surface area contributed by atoms with E-state index in [2.05, 4.69) is 15.3 Å². The molecule has 1 aliphatic carbocycles. The van der Waals surface area contributed by atoms with E-state index in [1.54, 1.807) is 24.5 Å². The van der Waals surface area contributed by atoms with Gasteiger partial charge < -0.3 is 4.90 Å². The fraction of sp³-hybridized carbons (Fsp3) is 0.450. The lowest BCUT2D eigenvalue weighted by Gasteiger charge is -2.27. The number of thiazole rings is 1. The predicted octanol–water partition coefficient (Wildman–Crippen LogP) is 2.94. The molecule has 2 aromatic rings. The average Bonchev–Trinajstić information content (AvgIpc) is 2.93. The lowest BCUT2D eigenvalue weighted by molar-refractivity contribution is -0.135. The minimum atomic E-state index is -0.344. The van der Waals surface area contributed by atoms with Crippen LogP contribution in [0.3, 0.4) is 0 Å². The molecule has 1 fully saturated rings. The van der Waals surface area contributed by atoms with Gasteiger partial charge in [-0.05, 0) is 25.0 Å². The highest BCUT2D eigenvalue weighted by Gasteiger charge is 2.35. The third kappa shape index (κ3) is 3.96. The first kappa shape index (κ1) is 18.7. The van der Waals surface area contributed by atoms with Gasteiger partial charge in [0, 0.05) is 43.9 Å². The van der Waals surface area contributed by atoms with Gasteiger partial charge in [-0.15, -0.1) is 0 Å². The molecule has 2 aromatic heterocycles. The maximum absolute atomic E-state index is 12.9. The molecule has 7 nitrogen and oxygen atoms in total. The van der Waals surface area contributed by atoms with Gasteiger partial charge in [0.05, 0.1) is 16.5 Å². The molecule has 0 radical (unpaired) electrons. The van der Waals surface area contributed by atoms with Crippen LogP contribution in [-0.2, 0) is 11.2 Å². The maximum Gasteiger partial charge on any atom is 0.257 e. The number of pyridine rings is 1. The van der Waals surface area contributed by atoms with Crippen molar-refractivity contribution in [1.82, 2.24) is 14.9 Å². The molecule has 1 unspecified atom stereocenters. The van der Waals surface area contributed by atoms with Crippen molar-refractivity contribution in [2.75, 3.05) is 18.4 Å². The van der Waals surface area contributed by atoms with Crippen LogP contribution in [0.15, 0.2) is 24.5 Å². The quantitative estimate of drug-likeness (QED) is 0.858. The number of nitrogens with zero attached hydrogens (tertiary/aromatic N) is 3. The number of carbonyl (C=O) groups excluding carboxylic acids is 3. The summed E-state index contributed by atoms with van der Waals surface area (Å²) in [5.41, 5.74) is 1.10. The molecule has 0 saturated carbocycles. The van der Waals surface area contributed by atoms with Gasteiger partial charge in [0.15, 0.2) is 10.9 Å². The Morgan fingerprint density at radius 3 is 2.50 bits per heavy atom. The molecule has 8 heteroatoms. The minimum Gasteiger partial charge on any atom is -0.342 e. The average molecular weight is 398 g/mol. The summed E-state index contributed by atoms with van der Waals surface area (Å²) in [6, 6.07) is 3.23. The third-order valence-electron chi connectivity index (χ3n) is 5.25. The molecule has 28 heavy (non-hydrogen) atoms. The number of fused-ring (bicyclic) bond motifs is 1. The molecule has 1 N–H and O–H groups in total. The van der Waals surface area contributed by atoms with E-state index in [0.29, 0.717) is 27.7 Å². The van der Waals surface area contributed by atoms with Gasteiger partial charge in [0.1, 0.15) is 0 Å². The Morgan fingerprint density at radius 2 is 1.79 bits per heavy atom. The summed E-state index contributed by atoms with van der Waals surface area (Å²) in [4.78, 5) is 48.6. The van der Waals surface area contributed by atoms with Crippen LogP contribution in [0.5, 0.6) is 0 Å². The molecule has 2 amide bonds. The zero-order valence-corrected chi connectivity index (χ0v) is 16.3. The fourth-order valence-electron chi connectivity index (χ4n) is 3.78. The molecule has 146 valence electrons. The molecule has 0 spiro atoms. The molecular weight excluding hydrogens is 376 g/mol. The Morgan fingerprint density at radius 1 is 1.07 bits per heavy atom. The van der Waals surface area contributed by atoms with Crippen molar-refractivity contribution in [1.29, 1.82) is 0 Å². The van der Waals surface area contributed by atoms with Crippen LogP contribution in [0.1, 0.15) is 57.8 Å². The monoisotopic (exact) mass is 398 g/mol. The van der Waals surface area contributed by atoms with Crippen molar-refractivity contribution >= 4 is 34.1 Å². The summed E-state index contributed by atoms with van der Waals surface area (Å²) < 4.78 is 0. The van der Waals surface area contributed by atoms with Crippen LogP contribution in [-0.4, -0.2) is 45.6 Å². The highest BCUT2D eigenvalue weighted by atomic mass is 32.1. The van der Waals surface area contributed by atoms with Crippen LogP contribution in [0.2, 0.25) is 0 Å². The predicted molar refractivity (Wildman–Crippen MR) is 105 cm³/mol. The summed E-state index contributed by atoms with van der Waals surface area (Å²) in [7, 11) is 0. The molecule has 0 aromatic carbocycles. The first-order valence-corrected chi connectivity index (χ1v) is 10.5. The number of amides is 2. The SMILES string of the molecule is O=C(Nc1nc2c(s1)C(=O)CC(C(=O)N1CCCCCC1)C2)c1ccncc1. The summed E-state index contributed by atoms with van der Waals surface area (Å²) in [5.74, 6) is -0.630. The number of ketones is 1. The number of carbonyl (C=O) groups is 3. The van der Waals surface area contributed by atoms with Gasteiger partial charge in [-0.2, -0.15) is 0 Å². The molecule has 2 aliphatic rings. The van der Waals surface area contributed by atoms with Crippen molar-refractivity contribution in [2.45, 2.75) is 38.5 Å². The molecule has 0 bridgehead atoms. The van der Waals surface area contributed by atoms with Gasteiger partial charge in [0.25, 0.3) is 5.91 Å². The van der Waals surface area contributed by atoms with Crippen molar-refractivity contribution in [2.24, 2.45) is 5.92 Å². The van der Waals surface area contributed by atoms with Crippen LogP contribution in [0.25, 0.3) is 0 Å². The van der Waals surface area contributed by atoms with Gasteiger partial charge in [-0.25, -0.2) is 4.98 Å². The Labute approximate surface area is 167 Å². The topological polar surface area (TPSA) is 92.3 Å². The second-order valence-corrected chi connectivity index (χ2v) is 8.25. The van der Waals surface area contributed by atoms with Crippen LogP contribution < -0.4 is 5.32 Å². The number of nitrogens with one attached hydrogen (secondary N) is 1. The van der Waals surface area contributed by atoms with Crippen molar-refractivity contribution in [3.05, 3.63) is 40.7 Å². The second-order valence-electron chi connectivity index (χ2n) is 7.25. The van der Waals surface area contributed by atoms with E-state index in [1.165, 1.54) is 11.3 Å². The van der Waals surface area contributed by atoms with E-state index in [4.69, 9.17) is 0 Å². The standard InChI is InChI=1S/C20H22N4O3S/c25-16-12-14(19(27)24-9-3-1-2-4-10-24)11-15-17(16)28-20(22-15)23-18(26)13-5-7-21-8-6-13/h5-8,14H,1-4,9-12H2,(H,22,23,26). The highest BCUT2D eigenvalue weighted by molar-refractivity contribution is 7.17. The molecule has 1 atom stereocenters. The zero-order valence-electron chi connectivity index (χ0n) is 15.5. The van der Waals surface area contributed by atoms with Crippen LogP contribution >= 0.6 is 11.3 Å². The summed E-state index contributed by atoms with van der Waals surface area (Å²) in [6.45, 7) is 1.56. The number of Topliss-reactive ketones (excluding diaryl/α,β-unsaturated/α-hetero) is 1. The van der Waals surface area contributed by atoms with E-state index >= 15 is 0 Å². The molecular formula is C20H22N4O3S. The number of aromatic nitrogens is 2. The molecule has 1 saturated heterocycles. The van der Waals surface area contributed by atoms with Crippen LogP contribution in [0, 0.1) is 5.92 Å². The third-order valence-corrected chi connectivity index (χ3v) is 6.31. The Hall–Kier alpha value is -2.61. The first-order chi connectivity index (χ1) is 13.6. The Kier molecular flexibility index (Phi) is 5.47. The van der Waals surface area contributed by atoms with Gasteiger partial charge in [0.2, 0.25) is 5.91 Å². The minimum absolute atomic E-state index is 0.0590. The summed E-state index contributed by atoms with van der Waals surface area (Å²) in [6.07, 6.45) is 8.14. The Bertz CT molecular complexity index is 888. The first-order valence-electron chi connectivity index (χ1n) is 9.65. The van der Waals surface area contributed by atoms with Crippen molar-refractivity contribution < 1.29 is 14.4 Å². The van der Waals surface area contributed by atoms with E-state index in [0.717, 1.165) is 38.8 Å². The number of hydrogen-bond acceptors (Lipinski definition) is 6. The number of rotatable bonds is 3. The van der Waals surface area contributed by atoms with Gasteiger partial charge in [-0.1, -0.05) is 24.2 Å². The summed E-state index contributed by atoms with van der Waals surface area (Å²) >= 11 is 1.19. The van der Waals surface area contributed by atoms with Crippen molar-refractivity contribution in [3.8, 4) is 0 Å². The largest absolute Gasteiger partial charge is 0.342 e. The number of anilines is 1.